The van der Waals surface area contributed by atoms with Crippen LogP contribution in [0.2, 0.25) is 0 Å². The Morgan fingerprint density at radius 2 is 2.44 bits per heavy atom. The molecule has 2 heterocycles. The van der Waals surface area contributed by atoms with E-state index in [9.17, 15) is 0 Å². The van der Waals surface area contributed by atoms with Crippen molar-refractivity contribution < 1.29 is 4.42 Å². The average Bonchev–Trinajstić information content (AvgIpc) is 2.95. The van der Waals surface area contributed by atoms with Gasteiger partial charge in [0.05, 0.1) is 17.5 Å². The predicted octanol–water partition coefficient (Wildman–Crippen LogP) is 3.35. The second-order valence-corrected chi connectivity index (χ2v) is 5.95. The zero-order valence-corrected chi connectivity index (χ0v) is 11.6. The summed E-state index contributed by atoms with van der Waals surface area (Å²) in [5, 5.41) is 4.40. The molecule has 1 aliphatic carbocycles. The van der Waals surface area contributed by atoms with Gasteiger partial charge in [0, 0.05) is 17.3 Å². The average molecular weight is 262 g/mol. The summed E-state index contributed by atoms with van der Waals surface area (Å²) in [6, 6.07) is 2.02. The van der Waals surface area contributed by atoms with Crippen LogP contribution in [0.25, 0.3) is 10.6 Å². The number of rotatable bonds is 3. The molecule has 0 bridgehead atoms. The number of hydrogen-bond acceptors (Lipinski definition) is 4. The molecule has 2 aromatic rings. The largest absolute Gasteiger partial charge is 0.469 e. The van der Waals surface area contributed by atoms with Gasteiger partial charge in [-0.05, 0) is 39.3 Å². The maximum atomic E-state index is 5.38. The minimum atomic E-state index is 0.580. The third kappa shape index (κ3) is 1.99. The smallest absolute Gasteiger partial charge is 0.127 e. The van der Waals surface area contributed by atoms with Gasteiger partial charge in [-0.3, -0.25) is 0 Å². The molecule has 0 aromatic carbocycles. The van der Waals surface area contributed by atoms with Crippen molar-refractivity contribution in [2.45, 2.75) is 32.1 Å². The first-order chi connectivity index (χ1) is 8.79. The van der Waals surface area contributed by atoms with Crippen molar-refractivity contribution in [2.75, 3.05) is 13.6 Å². The Kier molecular flexibility index (Phi) is 3.22. The van der Waals surface area contributed by atoms with Crippen molar-refractivity contribution in [3.05, 3.63) is 28.7 Å². The summed E-state index contributed by atoms with van der Waals surface area (Å²) in [6.07, 6.45) is 5.47. The van der Waals surface area contributed by atoms with Crippen LogP contribution in [0.15, 0.2) is 16.7 Å². The number of nitrogens with one attached hydrogen (secondary N) is 1. The normalized spacial score (nSPS) is 18.9. The number of nitrogens with zero attached hydrogens (tertiary/aromatic N) is 1. The number of aromatic nitrogens is 1. The van der Waals surface area contributed by atoms with Crippen molar-refractivity contribution in [3.63, 3.8) is 0 Å². The fraction of sp³-hybridized carbons (Fsp3) is 0.500. The van der Waals surface area contributed by atoms with Crippen molar-refractivity contribution >= 4 is 11.3 Å². The molecule has 1 atom stereocenters. The van der Waals surface area contributed by atoms with E-state index in [1.807, 2.05) is 31.4 Å². The van der Waals surface area contributed by atoms with Gasteiger partial charge in [0.15, 0.2) is 0 Å². The molecule has 2 aromatic heterocycles. The van der Waals surface area contributed by atoms with E-state index in [0.29, 0.717) is 5.92 Å². The van der Waals surface area contributed by atoms with Crippen LogP contribution >= 0.6 is 11.3 Å². The molecule has 0 spiro atoms. The Morgan fingerprint density at radius 1 is 1.56 bits per heavy atom. The maximum absolute atomic E-state index is 5.38. The Bertz CT molecular complexity index is 544. The molecule has 4 heteroatoms. The highest BCUT2D eigenvalue weighted by molar-refractivity contribution is 7.15. The molecule has 96 valence electrons. The summed E-state index contributed by atoms with van der Waals surface area (Å²) in [7, 11) is 2.02. The lowest BCUT2D eigenvalue weighted by Crippen LogP contribution is -2.20. The summed E-state index contributed by atoms with van der Waals surface area (Å²) in [4.78, 5) is 6.34. The first-order valence-electron chi connectivity index (χ1n) is 6.48. The van der Waals surface area contributed by atoms with Crippen LogP contribution in [0.4, 0.5) is 0 Å². The van der Waals surface area contributed by atoms with Crippen molar-refractivity contribution in [3.8, 4) is 10.6 Å². The van der Waals surface area contributed by atoms with E-state index in [-0.39, 0.29) is 0 Å². The van der Waals surface area contributed by atoms with Crippen molar-refractivity contribution in [1.82, 2.24) is 10.3 Å². The molecule has 18 heavy (non-hydrogen) atoms. The number of fused-ring (bicyclic) bond motifs is 1. The number of hydrogen-bond donors (Lipinski definition) is 1. The molecule has 1 N–H and O–H groups in total. The Morgan fingerprint density at radius 3 is 3.17 bits per heavy atom. The van der Waals surface area contributed by atoms with Gasteiger partial charge >= 0.3 is 0 Å². The minimum absolute atomic E-state index is 0.580. The Hall–Kier alpha value is -1.13. The lowest BCUT2D eigenvalue weighted by Gasteiger charge is -2.20. The maximum Gasteiger partial charge on any atom is 0.127 e. The molecule has 0 radical (unpaired) electrons. The van der Waals surface area contributed by atoms with E-state index in [2.05, 4.69) is 5.32 Å². The first-order valence-corrected chi connectivity index (χ1v) is 7.30. The number of likely N-dealkylation sites (N-methyl/N-ethyl adjacent to an activating group) is 1. The van der Waals surface area contributed by atoms with Gasteiger partial charge in [0.25, 0.3) is 0 Å². The topological polar surface area (TPSA) is 38.1 Å². The summed E-state index contributed by atoms with van der Waals surface area (Å²) in [6.45, 7) is 3.03. The number of furan rings is 1. The third-order valence-corrected chi connectivity index (χ3v) is 4.77. The first kappa shape index (κ1) is 11.9. The molecular weight excluding hydrogens is 244 g/mol. The Balaban J connectivity index is 1.98. The number of aryl methyl sites for hydroxylation is 2. The van der Waals surface area contributed by atoms with Gasteiger partial charge in [-0.25, -0.2) is 4.98 Å². The van der Waals surface area contributed by atoms with Crippen LogP contribution in [0.1, 0.15) is 35.1 Å². The van der Waals surface area contributed by atoms with Crippen LogP contribution in [-0.2, 0) is 6.42 Å². The molecular formula is C14H18N2OS. The predicted molar refractivity (Wildman–Crippen MR) is 74.2 cm³/mol. The van der Waals surface area contributed by atoms with Gasteiger partial charge in [-0.2, -0.15) is 0 Å². The Labute approximate surface area is 111 Å². The standard InChI is InChI=1S/C14H18N2OS/c1-9-11(6-7-17-9)14-16-13-10(8-15-2)4-3-5-12(13)18-14/h6-7,10,15H,3-5,8H2,1-2H3. The van der Waals surface area contributed by atoms with E-state index in [1.54, 1.807) is 6.26 Å². The van der Waals surface area contributed by atoms with Gasteiger partial charge in [0.1, 0.15) is 10.8 Å². The highest BCUT2D eigenvalue weighted by Gasteiger charge is 2.25. The summed E-state index contributed by atoms with van der Waals surface area (Å²) in [5.74, 6) is 1.54. The highest BCUT2D eigenvalue weighted by atomic mass is 32.1. The fourth-order valence-electron chi connectivity index (χ4n) is 2.67. The van der Waals surface area contributed by atoms with Crippen molar-refractivity contribution in [2.24, 2.45) is 0 Å². The molecule has 3 nitrogen and oxygen atoms in total. The zero-order chi connectivity index (χ0) is 12.5. The SMILES string of the molecule is CNCC1CCCc2sc(-c3ccoc3C)nc21. The van der Waals surface area contributed by atoms with E-state index < -0.39 is 0 Å². The lowest BCUT2D eigenvalue weighted by molar-refractivity contribution is 0.522. The van der Waals surface area contributed by atoms with Gasteiger partial charge in [0.2, 0.25) is 0 Å². The second kappa shape index (κ2) is 4.86. The van der Waals surface area contributed by atoms with Gasteiger partial charge in [-0.1, -0.05) is 0 Å². The van der Waals surface area contributed by atoms with E-state index >= 15 is 0 Å². The summed E-state index contributed by atoms with van der Waals surface area (Å²) in [5.41, 5.74) is 2.47. The zero-order valence-electron chi connectivity index (χ0n) is 10.8. The van der Waals surface area contributed by atoms with E-state index in [1.165, 1.54) is 29.8 Å². The number of thiazole rings is 1. The van der Waals surface area contributed by atoms with Crippen LogP contribution in [-0.4, -0.2) is 18.6 Å². The monoisotopic (exact) mass is 262 g/mol. The lowest BCUT2D eigenvalue weighted by atomic mass is 9.91. The molecule has 3 rings (SSSR count). The minimum Gasteiger partial charge on any atom is -0.469 e. The summed E-state index contributed by atoms with van der Waals surface area (Å²) < 4.78 is 5.38. The molecule has 0 saturated carbocycles. The van der Waals surface area contributed by atoms with E-state index in [0.717, 1.165) is 22.9 Å². The highest BCUT2D eigenvalue weighted by Crippen LogP contribution is 2.38. The molecule has 0 saturated heterocycles. The summed E-state index contributed by atoms with van der Waals surface area (Å²) >= 11 is 1.84. The van der Waals surface area contributed by atoms with Crippen LogP contribution in [0.3, 0.4) is 0 Å². The van der Waals surface area contributed by atoms with Crippen LogP contribution < -0.4 is 5.32 Å². The van der Waals surface area contributed by atoms with E-state index in [4.69, 9.17) is 9.40 Å². The second-order valence-electron chi connectivity index (χ2n) is 4.86. The van der Waals surface area contributed by atoms with Crippen LogP contribution in [0, 0.1) is 6.92 Å². The third-order valence-electron chi connectivity index (χ3n) is 3.61. The molecule has 1 unspecified atom stereocenters. The molecule has 0 aliphatic heterocycles. The van der Waals surface area contributed by atoms with Gasteiger partial charge < -0.3 is 9.73 Å². The quantitative estimate of drug-likeness (QED) is 0.921. The van der Waals surface area contributed by atoms with Crippen LogP contribution in [0.5, 0.6) is 0 Å². The fourth-order valence-corrected chi connectivity index (χ4v) is 3.94. The molecule has 0 fully saturated rings. The van der Waals surface area contributed by atoms with Crippen molar-refractivity contribution in [1.29, 1.82) is 0 Å². The molecule has 1 aliphatic rings. The van der Waals surface area contributed by atoms with Gasteiger partial charge in [-0.15, -0.1) is 11.3 Å². The molecule has 0 amide bonds.